The van der Waals surface area contributed by atoms with Crippen molar-refractivity contribution >= 4 is 17.9 Å². The van der Waals surface area contributed by atoms with Crippen molar-refractivity contribution in [3.05, 3.63) is 12.2 Å². The SMILES string of the molecule is C[N+](C)(C)CC(CC(=O)[O-])OC(=O)/C=C/CCCCC(=O)O. The van der Waals surface area contributed by atoms with Crippen LogP contribution in [0.3, 0.4) is 0 Å². The zero-order valence-electron chi connectivity index (χ0n) is 13.4. The number of hydrogen-bond acceptors (Lipinski definition) is 5. The first-order valence-electron chi connectivity index (χ1n) is 7.19. The Balaban J connectivity index is 4.21. The molecule has 0 fully saturated rings. The summed E-state index contributed by atoms with van der Waals surface area (Å²) in [4.78, 5) is 32.6. The zero-order chi connectivity index (χ0) is 17.2. The van der Waals surface area contributed by atoms with Crippen LogP contribution >= 0.6 is 0 Å². The molecule has 0 aliphatic heterocycles. The van der Waals surface area contributed by atoms with E-state index in [4.69, 9.17) is 9.84 Å². The van der Waals surface area contributed by atoms with Gasteiger partial charge in [-0.3, -0.25) is 4.79 Å². The number of nitrogens with zero attached hydrogens (tertiary/aromatic N) is 1. The maximum Gasteiger partial charge on any atom is 0.330 e. The molecule has 0 spiro atoms. The van der Waals surface area contributed by atoms with E-state index < -0.39 is 24.0 Å². The summed E-state index contributed by atoms with van der Waals surface area (Å²) < 4.78 is 5.59. The van der Waals surface area contributed by atoms with E-state index >= 15 is 0 Å². The van der Waals surface area contributed by atoms with E-state index in [1.807, 2.05) is 21.1 Å². The van der Waals surface area contributed by atoms with Gasteiger partial charge >= 0.3 is 11.9 Å². The van der Waals surface area contributed by atoms with Crippen LogP contribution in [0.2, 0.25) is 0 Å². The van der Waals surface area contributed by atoms with Gasteiger partial charge in [-0.05, 0) is 19.3 Å². The zero-order valence-corrected chi connectivity index (χ0v) is 13.4. The number of carboxylic acids is 2. The van der Waals surface area contributed by atoms with Crippen LogP contribution in [-0.4, -0.2) is 61.3 Å². The fourth-order valence-corrected chi connectivity index (χ4v) is 1.86. The van der Waals surface area contributed by atoms with Crippen LogP contribution < -0.4 is 5.11 Å². The standard InChI is InChI=1S/C15H25NO6/c1-16(2,3)11-12(10-14(19)20)22-15(21)9-7-5-4-6-8-13(17)18/h7,9,12H,4-6,8,10-11H2,1-3H3,(H-,17,18,19,20)/b9-7+. The molecule has 1 atom stereocenters. The van der Waals surface area contributed by atoms with Gasteiger partial charge in [0.25, 0.3) is 0 Å². The van der Waals surface area contributed by atoms with Gasteiger partial charge < -0.3 is 24.2 Å². The molecule has 0 saturated carbocycles. The number of likely N-dealkylation sites (N-methyl/N-ethyl adjacent to an activating group) is 1. The lowest BCUT2D eigenvalue weighted by Crippen LogP contribution is -2.45. The number of esters is 1. The predicted octanol–water partition coefficient (Wildman–Crippen LogP) is -0.0544. The van der Waals surface area contributed by atoms with Crippen LogP contribution in [0.5, 0.6) is 0 Å². The molecule has 0 aliphatic carbocycles. The van der Waals surface area contributed by atoms with Gasteiger partial charge in [0, 0.05) is 24.9 Å². The number of rotatable bonds is 11. The van der Waals surface area contributed by atoms with E-state index in [1.54, 1.807) is 6.08 Å². The number of unbranched alkanes of at least 4 members (excludes halogenated alkanes) is 2. The second-order valence-electron chi connectivity index (χ2n) is 6.15. The highest BCUT2D eigenvalue weighted by Gasteiger charge is 2.21. The van der Waals surface area contributed by atoms with E-state index in [9.17, 15) is 19.5 Å². The number of carbonyl (C=O) groups excluding carboxylic acids is 2. The summed E-state index contributed by atoms with van der Waals surface area (Å²) in [5.41, 5.74) is 0. The average molecular weight is 315 g/mol. The summed E-state index contributed by atoms with van der Waals surface area (Å²) in [6.45, 7) is 0.367. The van der Waals surface area contributed by atoms with E-state index in [1.165, 1.54) is 6.08 Å². The molecular formula is C15H25NO6. The van der Waals surface area contributed by atoms with Crippen molar-refractivity contribution in [2.45, 2.75) is 38.2 Å². The monoisotopic (exact) mass is 315 g/mol. The summed E-state index contributed by atoms with van der Waals surface area (Å²) in [6, 6.07) is 0. The largest absolute Gasteiger partial charge is 0.550 e. The third-order valence-corrected chi connectivity index (χ3v) is 2.69. The smallest absolute Gasteiger partial charge is 0.330 e. The highest BCUT2D eigenvalue weighted by Crippen LogP contribution is 2.06. The molecule has 22 heavy (non-hydrogen) atoms. The van der Waals surface area contributed by atoms with Crippen molar-refractivity contribution < 1.29 is 33.8 Å². The van der Waals surface area contributed by atoms with Gasteiger partial charge in [-0.2, -0.15) is 0 Å². The van der Waals surface area contributed by atoms with Crippen molar-refractivity contribution in [1.29, 1.82) is 0 Å². The van der Waals surface area contributed by atoms with E-state index in [-0.39, 0.29) is 12.8 Å². The number of hydrogen-bond donors (Lipinski definition) is 1. The Morgan fingerprint density at radius 3 is 2.36 bits per heavy atom. The van der Waals surface area contributed by atoms with Crippen LogP contribution in [0.4, 0.5) is 0 Å². The molecular weight excluding hydrogens is 290 g/mol. The molecule has 0 bridgehead atoms. The van der Waals surface area contributed by atoms with Gasteiger partial charge in [0.1, 0.15) is 6.54 Å². The fraction of sp³-hybridized carbons (Fsp3) is 0.667. The Labute approximate surface area is 130 Å². The first-order valence-corrected chi connectivity index (χ1v) is 7.19. The lowest BCUT2D eigenvalue weighted by Gasteiger charge is -2.29. The Morgan fingerprint density at radius 1 is 1.23 bits per heavy atom. The summed E-state index contributed by atoms with van der Waals surface area (Å²) in [5, 5.41) is 19.2. The molecule has 0 saturated heterocycles. The van der Waals surface area contributed by atoms with Crippen molar-refractivity contribution in [2.75, 3.05) is 27.7 Å². The lowest BCUT2D eigenvalue weighted by atomic mass is 10.2. The minimum absolute atomic E-state index is 0.107. The normalized spacial score (nSPS) is 13.0. The number of carboxylic acid groups (broad SMARTS) is 2. The van der Waals surface area contributed by atoms with E-state index in [0.717, 1.165) is 0 Å². The van der Waals surface area contributed by atoms with Crippen LogP contribution in [0, 0.1) is 0 Å². The second kappa shape index (κ2) is 9.94. The molecule has 0 aromatic rings. The van der Waals surface area contributed by atoms with Crippen LogP contribution in [0.15, 0.2) is 12.2 Å². The molecule has 7 heteroatoms. The molecule has 126 valence electrons. The minimum atomic E-state index is -1.26. The third-order valence-electron chi connectivity index (χ3n) is 2.69. The Bertz CT molecular complexity index is 411. The van der Waals surface area contributed by atoms with Crippen molar-refractivity contribution in [1.82, 2.24) is 0 Å². The second-order valence-corrected chi connectivity index (χ2v) is 6.15. The molecule has 7 nitrogen and oxygen atoms in total. The van der Waals surface area contributed by atoms with Crippen LogP contribution in [-0.2, 0) is 19.1 Å². The Hall–Kier alpha value is -1.89. The summed E-state index contributed by atoms with van der Waals surface area (Å²) >= 11 is 0. The molecule has 0 rings (SSSR count). The average Bonchev–Trinajstić information content (AvgIpc) is 2.29. The van der Waals surface area contributed by atoms with Crippen LogP contribution in [0.1, 0.15) is 32.1 Å². The topological polar surface area (TPSA) is 104 Å². The van der Waals surface area contributed by atoms with E-state index in [2.05, 4.69) is 0 Å². The lowest BCUT2D eigenvalue weighted by molar-refractivity contribution is -0.873. The number of quaternary nitrogens is 1. The molecule has 0 aliphatic rings. The van der Waals surface area contributed by atoms with Gasteiger partial charge in [0.15, 0.2) is 6.10 Å². The summed E-state index contributed by atoms with van der Waals surface area (Å²) in [6.07, 6.45) is 3.66. The molecule has 1 N–H and O–H groups in total. The first kappa shape index (κ1) is 20.1. The summed E-state index contributed by atoms with van der Waals surface area (Å²) in [5.74, 6) is -2.70. The highest BCUT2D eigenvalue weighted by molar-refractivity contribution is 5.82. The Morgan fingerprint density at radius 2 is 1.86 bits per heavy atom. The quantitative estimate of drug-likeness (QED) is 0.248. The van der Waals surface area contributed by atoms with Crippen molar-refractivity contribution in [3.63, 3.8) is 0 Å². The number of ether oxygens (including phenoxy) is 1. The van der Waals surface area contributed by atoms with Crippen molar-refractivity contribution in [2.24, 2.45) is 0 Å². The van der Waals surface area contributed by atoms with Gasteiger partial charge in [0.2, 0.25) is 0 Å². The van der Waals surface area contributed by atoms with Gasteiger partial charge in [-0.15, -0.1) is 0 Å². The predicted molar refractivity (Wildman–Crippen MR) is 77.6 cm³/mol. The minimum Gasteiger partial charge on any atom is -0.550 e. The van der Waals surface area contributed by atoms with Gasteiger partial charge in [0.05, 0.1) is 21.1 Å². The maximum atomic E-state index is 11.6. The summed E-state index contributed by atoms with van der Waals surface area (Å²) in [7, 11) is 5.61. The number of aliphatic carboxylic acids is 2. The number of allylic oxidation sites excluding steroid dienone is 1. The highest BCUT2D eigenvalue weighted by atomic mass is 16.5. The van der Waals surface area contributed by atoms with E-state index in [0.29, 0.717) is 30.3 Å². The molecule has 0 amide bonds. The molecule has 1 unspecified atom stereocenters. The molecule has 0 radical (unpaired) electrons. The van der Waals surface area contributed by atoms with Gasteiger partial charge in [-0.1, -0.05) is 6.08 Å². The number of carbonyl (C=O) groups is 3. The van der Waals surface area contributed by atoms with Crippen molar-refractivity contribution in [3.8, 4) is 0 Å². The Kier molecular flexibility index (Phi) is 9.09. The molecule has 0 heterocycles. The maximum absolute atomic E-state index is 11.6. The molecule has 0 aromatic heterocycles. The third kappa shape index (κ3) is 13.1. The van der Waals surface area contributed by atoms with Gasteiger partial charge in [-0.25, -0.2) is 4.79 Å². The van der Waals surface area contributed by atoms with Crippen LogP contribution in [0.25, 0.3) is 0 Å². The first-order chi connectivity index (χ1) is 10.1. The fourth-order valence-electron chi connectivity index (χ4n) is 1.86. The molecule has 0 aromatic carbocycles.